The summed E-state index contributed by atoms with van der Waals surface area (Å²) in [4.78, 5) is 7.18. The third kappa shape index (κ3) is 3.95. The molecule has 0 heterocycles. The molecule has 0 saturated heterocycles. The molecule has 1 rings (SSSR count). The highest BCUT2D eigenvalue weighted by molar-refractivity contribution is 9.10. The van der Waals surface area contributed by atoms with E-state index in [1.807, 2.05) is 0 Å². The van der Waals surface area contributed by atoms with Crippen LogP contribution in [0.15, 0.2) is 24.3 Å². The van der Waals surface area contributed by atoms with Gasteiger partial charge in [-0.05, 0) is 28.1 Å². The Morgan fingerprint density at radius 1 is 1.12 bits per heavy atom. The number of carbonyl (C=O) groups is 1. The van der Waals surface area contributed by atoms with Crippen molar-refractivity contribution < 1.29 is 31.5 Å². The minimum atomic E-state index is -5.06. The van der Waals surface area contributed by atoms with Gasteiger partial charge in [0.1, 0.15) is 5.75 Å². The third-order valence-electron chi connectivity index (χ3n) is 1.61. The van der Waals surface area contributed by atoms with Crippen molar-refractivity contribution in [1.29, 1.82) is 0 Å². The van der Waals surface area contributed by atoms with Gasteiger partial charge in [0.25, 0.3) is 0 Å². The fourth-order valence-electron chi connectivity index (χ4n) is 1.02. The number of rotatable bonds is 3. The molecule has 1 aromatic rings. The molecule has 0 bridgehead atoms. The summed E-state index contributed by atoms with van der Waals surface area (Å²) in [5, 5.41) is 0. The van der Waals surface area contributed by atoms with E-state index in [9.17, 15) is 26.7 Å². The van der Waals surface area contributed by atoms with Gasteiger partial charge in [0.05, 0.1) is 5.56 Å². The van der Waals surface area contributed by atoms with Gasteiger partial charge in [-0.25, -0.2) is 0 Å². The quantitative estimate of drug-likeness (QED) is 0.482. The molecule has 1 aromatic carbocycles. The molecule has 0 unspecified atom stereocenters. The van der Waals surface area contributed by atoms with Crippen molar-refractivity contribution >= 4 is 21.7 Å². The van der Waals surface area contributed by atoms with Crippen LogP contribution in [0.3, 0.4) is 0 Å². The zero-order valence-electron chi connectivity index (χ0n) is 7.89. The van der Waals surface area contributed by atoms with Crippen LogP contribution in [0.1, 0.15) is 10.4 Å². The van der Waals surface area contributed by atoms with Crippen LogP contribution in [0.4, 0.5) is 22.0 Å². The number of alkyl halides is 6. The topological polar surface area (TPSA) is 26.3 Å². The summed E-state index contributed by atoms with van der Waals surface area (Å²) < 4.78 is 64.6. The second kappa shape index (κ2) is 4.59. The van der Waals surface area contributed by atoms with Crippen LogP contribution in [0.25, 0.3) is 0 Å². The minimum Gasteiger partial charge on any atom is -0.405 e. The number of benzene rings is 1. The van der Waals surface area contributed by atoms with Gasteiger partial charge in [-0.2, -0.15) is 8.78 Å². The van der Waals surface area contributed by atoms with Crippen molar-refractivity contribution in [2.24, 2.45) is 0 Å². The van der Waals surface area contributed by atoms with Crippen LogP contribution >= 0.6 is 15.9 Å². The molecular formula is C9H4BrF5O2. The van der Waals surface area contributed by atoms with Gasteiger partial charge in [-0.3, -0.25) is 4.79 Å². The van der Waals surface area contributed by atoms with Crippen molar-refractivity contribution in [3.63, 3.8) is 0 Å². The average molecular weight is 319 g/mol. The number of Topliss-reactive ketones (excluding diaryl/α,β-unsaturated/α-hetero) is 1. The summed E-state index contributed by atoms with van der Waals surface area (Å²) in [5.74, 6) is -2.78. The summed E-state index contributed by atoms with van der Waals surface area (Å²) in [6, 6.07) is 3.87. The Morgan fingerprint density at radius 2 is 1.65 bits per heavy atom. The van der Waals surface area contributed by atoms with Gasteiger partial charge in [-0.15, -0.1) is 13.2 Å². The van der Waals surface area contributed by atoms with Crippen LogP contribution in [-0.4, -0.2) is 17.0 Å². The zero-order valence-corrected chi connectivity index (χ0v) is 9.48. The van der Waals surface area contributed by atoms with Crippen molar-refractivity contribution in [2.45, 2.75) is 11.2 Å². The molecule has 17 heavy (non-hydrogen) atoms. The molecule has 2 nitrogen and oxygen atoms in total. The Morgan fingerprint density at radius 3 is 2.12 bits per heavy atom. The first kappa shape index (κ1) is 13.9. The van der Waals surface area contributed by atoms with E-state index in [1.54, 1.807) is 15.9 Å². The van der Waals surface area contributed by atoms with Crippen molar-refractivity contribution in [3.8, 4) is 5.75 Å². The first-order valence-electron chi connectivity index (χ1n) is 4.07. The summed E-state index contributed by atoms with van der Waals surface area (Å²) >= 11 is 1.77. The molecule has 0 fully saturated rings. The van der Waals surface area contributed by atoms with Crippen molar-refractivity contribution in [2.75, 3.05) is 0 Å². The number of ether oxygens (including phenoxy) is 1. The molecule has 0 N–H and O–H groups in total. The number of hydrogen-bond donors (Lipinski definition) is 0. The SMILES string of the molecule is O=C(c1ccccc1OC(F)(F)F)C(F)(F)Br. The first-order chi connectivity index (χ1) is 7.61. The van der Waals surface area contributed by atoms with Crippen LogP contribution in [0.5, 0.6) is 5.75 Å². The zero-order chi connectivity index (χ0) is 13.3. The molecule has 0 spiro atoms. The molecule has 0 aliphatic carbocycles. The Labute approximate surface area is 100 Å². The fourth-order valence-corrected chi connectivity index (χ4v) is 1.23. The van der Waals surface area contributed by atoms with Crippen LogP contribution in [-0.2, 0) is 0 Å². The number of halogens is 6. The average Bonchev–Trinajstić information content (AvgIpc) is 2.13. The maximum atomic E-state index is 12.6. The molecule has 0 saturated carbocycles. The highest BCUT2D eigenvalue weighted by atomic mass is 79.9. The molecule has 8 heteroatoms. The van der Waals surface area contributed by atoms with Gasteiger partial charge >= 0.3 is 11.2 Å². The monoisotopic (exact) mass is 318 g/mol. The largest absolute Gasteiger partial charge is 0.573 e. The number of para-hydroxylation sites is 1. The molecule has 94 valence electrons. The van der Waals surface area contributed by atoms with Crippen LogP contribution < -0.4 is 4.74 Å². The minimum absolute atomic E-state index is 0.777. The smallest absolute Gasteiger partial charge is 0.405 e. The fraction of sp³-hybridized carbons (Fsp3) is 0.222. The maximum Gasteiger partial charge on any atom is 0.573 e. The van der Waals surface area contributed by atoms with E-state index in [-0.39, 0.29) is 0 Å². The normalized spacial score (nSPS) is 12.4. The Hall–Kier alpha value is -1.18. The lowest BCUT2D eigenvalue weighted by molar-refractivity contribution is -0.274. The lowest BCUT2D eigenvalue weighted by Gasteiger charge is -2.14. The second-order valence-electron chi connectivity index (χ2n) is 2.87. The van der Waals surface area contributed by atoms with Crippen molar-refractivity contribution in [1.82, 2.24) is 0 Å². The van der Waals surface area contributed by atoms with Gasteiger partial charge in [0.15, 0.2) is 0 Å². The van der Waals surface area contributed by atoms with Crippen LogP contribution in [0, 0.1) is 0 Å². The summed E-state index contributed by atoms with van der Waals surface area (Å²) in [5.41, 5.74) is -0.855. The lowest BCUT2D eigenvalue weighted by atomic mass is 10.1. The Bertz CT molecular complexity index is 424. The summed E-state index contributed by atoms with van der Waals surface area (Å²) in [6.07, 6.45) is -5.06. The first-order valence-corrected chi connectivity index (χ1v) is 4.87. The molecule has 0 atom stereocenters. The van der Waals surface area contributed by atoms with E-state index < -0.39 is 28.3 Å². The molecule has 0 aliphatic heterocycles. The third-order valence-corrected chi connectivity index (χ3v) is 1.97. The van der Waals surface area contributed by atoms with E-state index in [0.29, 0.717) is 0 Å². The molecular weight excluding hydrogens is 315 g/mol. The maximum absolute atomic E-state index is 12.6. The predicted octanol–water partition coefficient (Wildman–Crippen LogP) is 3.76. The predicted molar refractivity (Wildman–Crippen MR) is 51.3 cm³/mol. The highest BCUT2D eigenvalue weighted by Crippen LogP contribution is 2.33. The second-order valence-corrected chi connectivity index (χ2v) is 3.87. The lowest BCUT2D eigenvalue weighted by Crippen LogP contribution is -2.24. The number of hydrogen-bond acceptors (Lipinski definition) is 2. The van der Waals surface area contributed by atoms with Crippen LogP contribution in [0.2, 0.25) is 0 Å². The van der Waals surface area contributed by atoms with E-state index in [1.165, 1.54) is 0 Å². The van der Waals surface area contributed by atoms with E-state index in [0.717, 1.165) is 24.3 Å². The standard InChI is InChI=1S/C9H4BrF5O2/c10-8(11,12)7(16)5-3-1-2-4-6(5)17-9(13,14)15/h1-4H. The Balaban J connectivity index is 3.13. The van der Waals surface area contributed by atoms with Gasteiger partial charge in [0.2, 0.25) is 5.78 Å². The van der Waals surface area contributed by atoms with E-state index in [4.69, 9.17) is 0 Å². The highest BCUT2D eigenvalue weighted by Gasteiger charge is 2.39. The van der Waals surface area contributed by atoms with Gasteiger partial charge in [0, 0.05) is 0 Å². The Kier molecular flexibility index (Phi) is 3.75. The summed E-state index contributed by atoms with van der Waals surface area (Å²) in [6.45, 7) is 0. The van der Waals surface area contributed by atoms with Gasteiger partial charge < -0.3 is 4.74 Å². The number of carbonyl (C=O) groups excluding carboxylic acids is 1. The molecule has 0 radical (unpaired) electrons. The van der Waals surface area contributed by atoms with E-state index in [2.05, 4.69) is 4.74 Å². The van der Waals surface area contributed by atoms with Crippen molar-refractivity contribution in [3.05, 3.63) is 29.8 Å². The number of ketones is 1. The molecule has 0 amide bonds. The van der Waals surface area contributed by atoms with E-state index >= 15 is 0 Å². The summed E-state index contributed by atoms with van der Waals surface area (Å²) in [7, 11) is 0. The molecule has 0 aromatic heterocycles. The molecule has 0 aliphatic rings. The van der Waals surface area contributed by atoms with Gasteiger partial charge in [-0.1, -0.05) is 12.1 Å².